The summed E-state index contributed by atoms with van der Waals surface area (Å²) in [4.78, 5) is 17.5. The van der Waals surface area contributed by atoms with E-state index in [2.05, 4.69) is 10.5 Å². The van der Waals surface area contributed by atoms with Gasteiger partial charge in [0.1, 0.15) is 0 Å². The second kappa shape index (κ2) is 9.08. The van der Waals surface area contributed by atoms with Crippen LogP contribution in [0.1, 0.15) is 30.0 Å². The van der Waals surface area contributed by atoms with Gasteiger partial charge in [-0.1, -0.05) is 71.7 Å². The molecule has 0 radical (unpaired) electrons. The Hall–Kier alpha value is -2.33. The Kier molecular flexibility index (Phi) is 6.82. The predicted molar refractivity (Wildman–Crippen MR) is 97.2 cm³/mol. The lowest BCUT2D eigenvalue weighted by Crippen LogP contribution is -2.34. The van der Waals surface area contributed by atoms with Crippen LogP contribution in [-0.4, -0.2) is 18.2 Å². The molecule has 4 nitrogen and oxygen atoms in total. The predicted octanol–water partition coefficient (Wildman–Crippen LogP) is 4.09. The highest BCUT2D eigenvalue weighted by molar-refractivity contribution is 6.31. The molecule has 2 aromatic carbocycles. The SMILES string of the molecule is CCC(ON=Cc1cccc(C)c1)C(=O)NCc1ccccc1Cl. The van der Waals surface area contributed by atoms with Crippen molar-refractivity contribution in [2.75, 3.05) is 0 Å². The third-order valence-electron chi connectivity index (χ3n) is 3.51. The number of benzene rings is 2. The lowest BCUT2D eigenvalue weighted by Gasteiger charge is -2.13. The molecule has 1 unspecified atom stereocenters. The molecule has 0 spiro atoms. The van der Waals surface area contributed by atoms with Gasteiger partial charge < -0.3 is 10.2 Å². The van der Waals surface area contributed by atoms with Crippen molar-refractivity contribution in [1.82, 2.24) is 5.32 Å². The number of hydrogen-bond donors (Lipinski definition) is 1. The molecule has 0 aromatic heterocycles. The second-order valence-electron chi connectivity index (χ2n) is 5.46. The summed E-state index contributed by atoms with van der Waals surface area (Å²) in [5.41, 5.74) is 2.94. The molecule has 1 N–H and O–H groups in total. The molecule has 2 rings (SSSR count). The first-order chi connectivity index (χ1) is 11.6. The minimum absolute atomic E-state index is 0.209. The minimum Gasteiger partial charge on any atom is -0.382 e. The Morgan fingerprint density at radius 2 is 2.08 bits per heavy atom. The van der Waals surface area contributed by atoms with Crippen LogP contribution >= 0.6 is 11.6 Å². The van der Waals surface area contributed by atoms with Crippen molar-refractivity contribution in [2.45, 2.75) is 32.9 Å². The van der Waals surface area contributed by atoms with E-state index in [0.29, 0.717) is 18.0 Å². The molecule has 0 fully saturated rings. The van der Waals surface area contributed by atoms with Gasteiger partial charge in [0.25, 0.3) is 5.91 Å². The molecule has 0 aliphatic rings. The van der Waals surface area contributed by atoms with E-state index in [1.165, 1.54) is 0 Å². The smallest absolute Gasteiger partial charge is 0.264 e. The van der Waals surface area contributed by atoms with Gasteiger partial charge in [0, 0.05) is 11.6 Å². The fourth-order valence-corrected chi connectivity index (χ4v) is 2.36. The highest BCUT2D eigenvalue weighted by Gasteiger charge is 2.17. The number of carbonyl (C=O) groups excluding carboxylic acids is 1. The summed E-state index contributed by atoms with van der Waals surface area (Å²) in [6.45, 7) is 4.25. The largest absolute Gasteiger partial charge is 0.382 e. The molecule has 0 bridgehead atoms. The molecular weight excluding hydrogens is 324 g/mol. The van der Waals surface area contributed by atoms with E-state index >= 15 is 0 Å². The number of rotatable bonds is 7. The molecule has 24 heavy (non-hydrogen) atoms. The maximum absolute atomic E-state index is 12.2. The normalized spacial score (nSPS) is 12.1. The van der Waals surface area contributed by atoms with E-state index in [0.717, 1.165) is 16.7 Å². The molecule has 0 saturated heterocycles. The van der Waals surface area contributed by atoms with Crippen molar-refractivity contribution in [1.29, 1.82) is 0 Å². The number of nitrogens with zero attached hydrogens (tertiary/aromatic N) is 1. The number of amides is 1. The van der Waals surface area contributed by atoms with Crippen LogP contribution in [0.2, 0.25) is 5.02 Å². The van der Waals surface area contributed by atoms with Gasteiger partial charge in [0.15, 0.2) is 0 Å². The van der Waals surface area contributed by atoms with Gasteiger partial charge in [-0.25, -0.2) is 0 Å². The van der Waals surface area contributed by atoms with E-state index in [-0.39, 0.29) is 5.91 Å². The van der Waals surface area contributed by atoms with Gasteiger partial charge in [-0.15, -0.1) is 0 Å². The molecule has 0 aliphatic carbocycles. The van der Waals surface area contributed by atoms with Crippen LogP contribution in [0.3, 0.4) is 0 Å². The highest BCUT2D eigenvalue weighted by atomic mass is 35.5. The van der Waals surface area contributed by atoms with Gasteiger partial charge in [-0.2, -0.15) is 0 Å². The summed E-state index contributed by atoms with van der Waals surface area (Å²) >= 11 is 6.08. The second-order valence-corrected chi connectivity index (χ2v) is 5.87. The number of nitrogens with one attached hydrogen (secondary N) is 1. The Balaban J connectivity index is 1.88. The van der Waals surface area contributed by atoms with Crippen LogP contribution in [0, 0.1) is 6.92 Å². The number of aryl methyl sites for hydroxylation is 1. The maximum Gasteiger partial charge on any atom is 0.264 e. The minimum atomic E-state index is -0.631. The van der Waals surface area contributed by atoms with E-state index in [1.54, 1.807) is 12.3 Å². The number of hydrogen-bond acceptors (Lipinski definition) is 3. The average molecular weight is 345 g/mol. The van der Waals surface area contributed by atoms with E-state index in [9.17, 15) is 4.79 Å². The summed E-state index contributed by atoms with van der Waals surface area (Å²) < 4.78 is 0. The molecule has 0 aliphatic heterocycles. The Morgan fingerprint density at radius 1 is 1.29 bits per heavy atom. The first kappa shape index (κ1) is 18.0. The van der Waals surface area contributed by atoms with E-state index in [1.807, 2.05) is 56.3 Å². The first-order valence-corrected chi connectivity index (χ1v) is 8.25. The van der Waals surface area contributed by atoms with Crippen LogP contribution in [0.5, 0.6) is 0 Å². The van der Waals surface area contributed by atoms with Crippen molar-refractivity contribution in [2.24, 2.45) is 5.16 Å². The van der Waals surface area contributed by atoms with Crippen molar-refractivity contribution in [3.63, 3.8) is 0 Å². The fourth-order valence-electron chi connectivity index (χ4n) is 2.16. The molecule has 1 atom stereocenters. The molecule has 0 heterocycles. The number of carbonyl (C=O) groups is 1. The van der Waals surface area contributed by atoms with Crippen molar-refractivity contribution >= 4 is 23.7 Å². The summed E-state index contributed by atoms with van der Waals surface area (Å²) in [6, 6.07) is 15.3. The van der Waals surface area contributed by atoms with Crippen molar-refractivity contribution < 1.29 is 9.63 Å². The first-order valence-electron chi connectivity index (χ1n) is 7.87. The van der Waals surface area contributed by atoms with Gasteiger partial charge in [-0.05, 0) is 30.5 Å². The number of oxime groups is 1. The van der Waals surface area contributed by atoms with E-state index < -0.39 is 6.10 Å². The third-order valence-corrected chi connectivity index (χ3v) is 3.87. The average Bonchev–Trinajstić information content (AvgIpc) is 2.58. The third kappa shape index (κ3) is 5.39. The van der Waals surface area contributed by atoms with Gasteiger partial charge in [-0.3, -0.25) is 4.79 Å². The molecular formula is C19H21ClN2O2. The topological polar surface area (TPSA) is 50.7 Å². The van der Waals surface area contributed by atoms with Crippen LogP contribution in [0.4, 0.5) is 0 Å². The lowest BCUT2D eigenvalue weighted by atomic mass is 10.2. The molecule has 2 aromatic rings. The van der Waals surface area contributed by atoms with Crippen LogP contribution in [-0.2, 0) is 16.2 Å². The van der Waals surface area contributed by atoms with Crippen LogP contribution < -0.4 is 5.32 Å². The monoisotopic (exact) mass is 344 g/mol. The van der Waals surface area contributed by atoms with Gasteiger partial charge in [0.2, 0.25) is 6.10 Å². The Labute approximate surface area is 147 Å². The van der Waals surface area contributed by atoms with Gasteiger partial charge >= 0.3 is 0 Å². The molecule has 0 saturated carbocycles. The standard InChI is InChI=1S/C19H21ClN2O2/c1-3-18(24-22-12-15-8-6-7-14(2)11-15)19(23)21-13-16-9-4-5-10-17(16)20/h4-12,18H,3,13H2,1-2H3,(H,21,23). The zero-order chi connectivity index (χ0) is 17.4. The molecule has 1 amide bonds. The summed E-state index contributed by atoms with van der Waals surface area (Å²) in [6.07, 6.45) is 1.50. The zero-order valence-corrected chi connectivity index (χ0v) is 14.6. The zero-order valence-electron chi connectivity index (χ0n) is 13.8. The molecule has 126 valence electrons. The number of halogens is 1. The molecule has 5 heteroatoms. The Bertz CT molecular complexity index is 716. The van der Waals surface area contributed by atoms with Crippen molar-refractivity contribution in [3.05, 3.63) is 70.2 Å². The quantitative estimate of drug-likeness (QED) is 0.607. The van der Waals surface area contributed by atoms with Crippen LogP contribution in [0.15, 0.2) is 53.7 Å². The highest BCUT2D eigenvalue weighted by Crippen LogP contribution is 2.14. The lowest BCUT2D eigenvalue weighted by molar-refractivity contribution is -0.133. The van der Waals surface area contributed by atoms with Crippen molar-refractivity contribution in [3.8, 4) is 0 Å². The summed E-state index contributed by atoms with van der Waals surface area (Å²) in [5, 5.41) is 7.39. The van der Waals surface area contributed by atoms with Gasteiger partial charge in [0.05, 0.1) is 6.21 Å². The summed E-state index contributed by atoms with van der Waals surface area (Å²) in [7, 11) is 0. The van der Waals surface area contributed by atoms with E-state index in [4.69, 9.17) is 16.4 Å². The van der Waals surface area contributed by atoms with Crippen LogP contribution in [0.25, 0.3) is 0 Å². The summed E-state index contributed by atoms with van der Waals surface area (Å²) in [5.74, 6) is -0.209. The Morgan fingerprint density at radius 3 is 2.79 bits per heavy atom. The fraction of sp³-hybridized carbons (Fsp3) is 0.263. The maximum atomic E-state index is 12.2.